The molecule has 2 N–H and O–H groups in total. The van der Waals surface area contributed by atoms with Crippen molar-refractivity contribution in [3.8, 4) is 0 Å². The maximum atomic E-state index is 12.6. The Labute approximate surface area is 148 Å². The van der Waals surface area contributed by atoms with Gasteiger partial charge in [0.05, 0.1) is 11.8 Å². The predicted molar refractivity (Wildman–Crippen MR) is 97.5 cm³/mol. The summed E-state index contributed by atoms with van der Waals surface area (Å²) in [4.78, 5) is 14.4. The zero-order valence-electron chi connectivity index (χ0n) is 14.9. The summed E-state index contributed by atoms with van der Waals surface area (Å²) in [6, 6.07) is 7.56. The Kier molecular flexibility index (Phi) is 5.38. The van der Waals surface area contributed by atoms with Gasteiger partial charge < -0.3 is 15.3 Å². The van der Waals surface area contributed by atoms with E-state index in [-0.39, 0.29) is 5.91 Å². The highest BCUT2D eigenvalue weighted by Crippen LogP contribution is 2.18. The highest BCUT2D eigenvalue weighted by Gasteiger charge is 2.23. The molecule has 1 aliphatic rings. The third-order valence-electron chi connectivity index (χ3n) is 4.60. The van der Waals surface area contributed by atoms with Gasteiger partial charge in [-0.2, -0.15) is 5.10 Å². The highest BCUT2D eigenvalue weighted by molar-refractivity contribution is 5.95. The molecular formula is C19H26N4O2. The van der Waals surface area contributed by atoms with Crippen LogP contribution in [0.5, 0.6) is 0 Å². The first kappa shape index (κ1) is 17.5. The van der Waals surface area contributed by atoms with Gasteiger partial charge in [-0.15, -0.1) is 0 Å². The second-order valence-corrected chi connectivity index (χ2v) is 6.61. The van der Waals surface area contributed by atoms with Gasteiger partial charge in [-0.3, -0.25) is 9.48 Å². The Morgan fingerprint density at radius 1 is 1.44 bits per heavy atom. The summed E-state index contributed by atoms with van der Waals surface area (Å²) in [5, 5.41) is 17.6. The summed E-state index contributed by atoms with van der Waals surface area (Å²) in [6.07, 6.45) is 4.14. The number of aryl methyl sites for hydroxylation is 2. The van der Waals surface area contributed by atoms with Crippen LogP contribution in [0.15, 0.2) is 30.5 Å². The van der Waals surface area contributed by atoms with Gasteiger partial charge in [0.2, 0.25) is 0 Å². The van der Waals surface area contributed by atoms with Crippen molar-refractivity contribution in [2.24, 2.45) is 7.05 Å². The fourth-order valence-electron chi connectivity index (χ4n) is 3.31. The van der Waals surface area contributed by atoms with E-state index in [0.717, 1.165) is 30.6 Å². The SMILES string of the molecule is CCc1nn(C)cc1CNc1cccc(C(=O)N2CCCC(O)C2)c1. The number of nitrogens with one attached hydrogen (secondary N) is 1. The van der Waals surface area contributed by atoms with Crippen LogP contribution in [0.3, 0.4) is 0 Å². The normalized spacial score (nSPS) is 17.6. The van der Waals surface area contributed by atoms with Gasteiger partial charge in [0.25, 0.3) is 5.91 Å². The van der Waals surface area contributed by atoms with Crippen LogP contribution in [0, 0.1) is 0 Å². The molecule has 2 heterocycles. The summed E-state index contributed by atoms with van der Waals surface area (Å²) in [5.74, 6) is -0.0157. The first-order valence-electron chi connectivity index (χ1n) is 8.89. The standard InChI is InChI=1S/C19H26N4O2/c1-3-18-15(12-22(2)21-18)11-20-16-7-4-6-14(10-16)19(25)23-9-5-8-17(24)13-23/h4,6-7,10,12,17,20,24H,3,5,8-9,11,13H2,1-2H3. The number of benzene rings is 1. The van der Waals surface area contributed by atoms with Gasteiger partial charge in [0.15, 0.2) is 0 Å². The Morgan fingerprint density at radius 3 is 3.04 bits per heavy atom. The summed E-state index contributed by atoms with van der Waals surface area (Å²) in [5.41, 5.74) is 3.82. The zero-order chi connectivity index (χ0) is 17.8. The lowest BCUT2D eigenvalue weighted by atomic mass is 10.1. The molecule has 6 heteroatoms. The number of aromatic nitrogens is 2. The molecule has 1 aliphatic heterocycles. The molecule has 1 unspecified atom stereocenters. The molecule has 1 atom stereocenters. The summed E-state index contributed by atoms with van der Waals surface area (Å²) < 4.78 is 1.83. The molecule has 1 aromatic heterocycles. The summed E-state index contributed by atoms with van der Waals surface area (Å²) >= 11 is 0. The van der Waals surface area contributed by atoms with Crippen LogP contribution >= 0.6 is 0 Å². The van der Waals surface area contributed by atoms with Crippen LogP contribution in [0.2, 0.25) is 0 Å². The molecule has 1 fully saturated rings. The van der Waals surface area contributed by atoms with Crippen molar-refractivity contribution >= 4 is 11.6 Å². The molecule has 0 aliphatic carbocycles. The van der Waals surface area contributed by atoms with Crippen LogP contribution in [0.1, 0.15) is 41.4 Å². The molecule has 3 rings (SSSR count). The van der Waals surface area contributed by atoms with Gasteiger partial charge >= 0.3 is 0 Å². The quantitative estimate of drug-likeness (QED) is 0.874. The second kappa shape index (κ2) is 7.70. The number of carbonyl (C=O) groups excluding carboxylic acids is 1. The molecule has 2 aromatic rings. The summed E-state index contributed by atoms with van der Waals surface area (Å²) in [6.45, 7) is 3.91. The van der Waals surface area contributed by atoms with Crippen LogP contribution in [-0.2, 0) is 20.0 Å². The van der Waals surface area contributed by atoms with Crippen molar-refractivity contribution in [1.82, 2.24) is 14.7 Å². The maximum Gasteiger partial charge on any atom is 0.254 e. The molecule has 0 spiro atoms. The molecule has 0 radical (unpaired) electrons. The van der Waals surface area contributed by atoms with Crippen molar-refractivity contribution in [2.75, 3.05) is 18.4 Å². The average molecular weight is 342 g/mol. The summed E-state index contributed by atoms with van der Waals surface area (Å²) in [7, 11) is 1.93. The second-order valence-electron chi connectivity index (χ2n) is 6.61. The zero-order valence-corrected chi connectivity index (χ0v) is 14.9. The molecule has 0 bridgehead atoms. The van der Waals surface area contributed by atoms with Gasteiger partial charge in [0.1, 0.15) is 0 Å². The number of hydrogen-bond donors (Lipinski definition) is 2. The number of piperidine rings is 1. The number of likely N-dealkylation sites (tertiary alicyclic amines) is 1. The number of β-amino-alcohol motifs (C(OH)–C–C–N with tert-alkyl or cyclic N) is 1. The molecule has 25 heavy (non-hydrogen) atoms. The average Bonchev–Trinajstić information content (AvgIpc) is 2.99. The Hall–Kier alpha value is -2.34. The number of nitrogens with zero attached hydrogens (tertiary/aromatic N) is 3. The third kappa shape index (κ3) is 4.20. The number of aliphatic hydroxyl groups excluding tert-OH is 1. The minimum atomic E-state index is -0.406. The van der Waals surface area contributed by atoms with E-state index in [1.54, 1.807) is 4.90 Å². The minimum Gasteiger partial charge on any atom is -0.391 e. The largest absolute Gasteiger partial charge is 0.391 e. The van der Waals surface area contributed by atoms with E-state index in [4.69, 9.17) is 0 Å². The minimum absolute atomic E-state index is 0.0157. The molecule has 1 amide bonds. The number of carbonyl (C=O) groups is 1. The lowest BCUT2D eigenvalue weighted by Gasteiger charge is -2.30. The van der Waals surface area contributed by atoms with E-state index in [2.05, 4.69) is 17.3 Å². The molecule has 1 aromatic carbocycles. The van der Waals surface area contributed by atoms with Crippen molar-refractivity contribution in [3.63, 3.8) is 0 Å². The van der Waals surface area contributed by atoms with Gasteiger partial charge in [-0.25, -0.2) is 0 Å². The number of amides is 1. The third-order valence-corrected chi connectivity index (χ3v) is 4.60. The van der Waals surface area contributed by atoms with E-state index < -0.39 is 6.10 Å². The van der Waals surface area contributed by atoms with E-state index in [1.165, 1.54) is 5.56 Å². The molecule has 134 valence electrons. The Bertz CT molecular complexity index is 741. The molecule has 0 saturated carbocycles. The fraction of sp³-hybridized carbons (Fsp3) is 0.474. The molecule has 1 saturated heterocycles. The van der Waals surface area contributed by atoms with E-state index in [1.807, 2.05) is 42.2 Å². The van der Waals surface area contributed by atoms with E-state index >= 15 is 0 Å². The number of rotatable bonds is 5. The number of aliphatic hydroxyl groups is 1. The van der Waals surface area contributed by atoms with Crippen LogP contribution in [0.25, 0.3) is 0 Å². The topological polar surface area (TPSA) is 70.4 Å². The number of hydrogen-bond acceptors (Lipinski definition) is 4. The Morgan fingerprint density at radius 2 is 2.28 bits per heavy atom. The smallest absolute Gasteiger partial charge is 0.254 e. The first-order valence-corrected chi connectivity index (χ1v) is 8.89. The van der Waals surface area contributed by atoms with Crippen molar-refractivity contribution in [3.05, 3.63) is 47.3 Å². The number of anilines is 1. The fourth-order valence-corrected chi connectivity index (χ4v) is 3.31. The van der Waals surface area contributed by atoms with Crippen molar-refractivity contribution < 1.29 is 9.90 Å². The maximum absolute atomic E-state index is 12.6. The van der Waals surface area contributed by atoms with Crippen LogP contribution < -0.4 is 5.32 Å². The van der Waals surface area contributed by atoms with Crippen molar-refractivity contribution in [2.45, 2.75) is 38.8 Å². The van der Waals surface area contributed by atoms with E-state index in [9.17, 15) is 9.90 Å². The Balaban J connectivity index is 1.67. The predicted octanol–water partition coefficient (Wildman–Crippen LogP) is 2.19. The van der Waals surface area contributed by atoms with Gasteiger partial charge in [-0.05, 0) is 37.5 Å². The monoisotopic (exact) mass is 342 g/mol. The van der Waals surface area contributed by atoms with Crippen LogP contribution in [-0.4, -0.2) is 44.9 Å². The lowest BCUT2D eigenvalue weighted by molar-refractivity contribution is 0.0474. The van der Waals surface area contributed by atoms with Gasteiger partial charge in [0, 0.05) is 49.7 Å². The van der Waals surface area contributed by atoms with E-state index in [0.29, 0.717) is 25.2 Å². The first-order chi connectivity index (χ1) is 12.1. The van der Waals surface area contributed by atoms with Gasteiger partial charge in [-0.1, -0.05) is 13.0 Å². The molecular weight excluding hydrogens is 316 g/mol. The van der Waals surface area contributed by atoms with Crippen LogP contribution in [0.4, 0.5) is 5.69 Å². The molecule has 6 nitrogen and oxygen atoms in total. The lowest BCUT2D eigenvalue weighted by Crippen LogP contribution is -2.42. The highest BCUT2D eigenvalue weighted by atomic mass is 16.3. The van der Waals surface area contributed by atoms with Crippen molar-refractivity contribution in [1.29, 1.82) is 0 Å².